The molecule has 0 amide bonds. The van der Waals surface area contributed by atoms with Crippen LogP contribution in [0.2, 0.25) is 5.02 Å². The topological polar surface area (TPSA) is 61.4 Å². The van der Waals surface area contributed by atoms with E-state index < -0.39 is 10.0 Å². The standard InChI is InChI=1S/C22H20ClN3O2S2/c1-15-19(23)6-4-7-20(15)25-22(29)24-17-9-11-18(12-10-17)30(27,28)26-14-13-16-5-2-3-8-21(16)26/h2-12H,13-14H2,1H3,(H2,24,25,29). The van der Waals surface area contributed by atoms with Crippen molar-refractivity contribution in [3.63, 3.8) is 0 Å². The Morgan fingerprint density at radius 2 is 1.73 bits per heavy atom. The molecule has 0 bridgehead atoms. The zero-order valence-electron chi connectivity index (χ0n) is 16.2. The largest absolute Gasteiger partial charge is 0.332 e. The molecule has 3 aromatic rings. The van der Waals surface area contributed by atoms with Crippen molar-refractivity contribution in [3.05, 3.63) is 82.9 Å². The molecular weight excluding hydrogens is 438 g/mol. The first kappa shape index (κ1) is 20.7. The summed E-state index contributed by atoms with van der Waals surface area (Å²) in [5, 5.41) is 7.23. The normalized spacial score (nSPS) is 13.1. The number of anilines is 3. The van der Waals surface area contributed by atoms with E-state index in [9.17, 15) is 8.42 Å². The monoisotopic (exact) mass is 457 g/mol. The van der Waals surface area contributed by atoms with Gasteiger partial charge in [0.05, 0.1) is 10.6 Å². The number of benzene rings is 3. The maximum atomic E-state index is 13.1. The number of thiocarbonyl (C=S) groups is 1. The lowest BCUT2D eigenvalue weighted by Crippen LogP contribution is -2.29. The predicted molar refractivity (Wildman–Crippen MR) is 127 cm³/mol. The lowest BCUT2D eigenvalue weighted by atomic mass is 10.2. The van der Waals surface area contributed by atoms with Crippen molar-refractivity contribution in [1.82, 2.24) is 0 Å². The fourth-order valence-corrected chi connectivity index (χ4v) is 5.33. The van der Waals surface area contributed by atoms with Gasteiger partial charge >= 0.3 is 0 Å². The molecule has 154 valence electrons. The summed E-state index contributed by atoms with van der Waals surface area (Å²) in [6, 6.07) is 19.7. The molecule has 4 rings (SSSR count). The Morgan fingerprint density at radius 1 is 1.00 bits per heavy atom. The summed E-state index contributed by atoms with van der Waals surface area (Å²) in [4.78, 5) is 0.245. The third kappa shape index (κ3) is 4.01. The summed E-state index contributed by atoms with van der Waals surface area (Å²) in [7, 11) is -3.61. The van der Waals surface area contributed by atoms with Crippen LogP contribution in [0.25, 0.3) is 0 Å². The SMILES string of the molecule is Cc1c(Cl)cccc1NC(=S)Nc1ccc(S(=O)(=O)N2CCc3ccccc32)cc1. The zero-order chi connectivity index (χ0) is 21.3. The minimum absolute atomic E-state index is 0.245. The number of rotatable bonds is 4. The van der Waals surface area contributed by atoms with Crippen molar-refractivity contribution in [1.29, 1.82) is 0 Å². The smallest absolute Gasteiger partial charge is 0.264 e. The summed E-state index contributed by atoms with van der Waals surface area (Å²) in [6.07, 6.45) is 0.720. The van der Waals surface area contributed by atoms with Gasteiger partial charge in [-0.05, 0) is 79.2 Å². The molecule has 0 atom stereocenters. The first-order valence-corrected chi connectivity index (χ1v) is 11.6. The summed E-state index contributed by atoms with van der Waals surface area (Å²) >= 11 is 11.5. The van der Waals surface area contributed by atoms with Gasteiger partial charge in [-0.25, -0.2) is 8.42 Å². The van der Waals surface area contributed by atoms with Crippen LogP contribution in [-0.2, 0) is 16.4 Å². The van der Waals surface area contributed by atoms with Gasteiger partial charge in [-0.3, -0.25) is 4.31 Å². The molecule has 0 radical (unpaired) electrons. The first-order chi connectivity index (χ1) is 14.4. The fraction of sp³-hybridized carbons (Fsp3) is 0.136. The van der Waals surface area contributed by atoms with Crippen LogP contribution in [0.1, 0.15) is 11.1 Å². The Bertz CT molecular complexity index is 1210. The fourth-order valence-electron chi connectivity index (χ4n) is 3.42. The number of sulfonamides is 1. The van der Waals surface area contributed by atoms with Crippen LogP contribution in [0.4, 0.5) is 17.1 Å². The Kier molecular flexibility index (Phi) is 5.69. The Labute approximate surface area is 186 Å². The average Bonchev–Trinajstić information content (AvgIpc) is 3.17. The first-order valence-electron chi connectivity index (χ1n) is 9.40. The lowest BCUT2D eigenvalue weighted by Gasteiger charge is -2.20. The minimum atomic E-state index is -3.61. The van der Waals surface area contributed by atoms with Gasteiger partial charge in [0.1, 0.15) is 0 Å². The van der Waals surface area contributed by atoms with Crippen molar-refractivity contribution in [2.45, 2.75) is 18.2 Å². The second kappa shape index (κ2) is 8.26. The number of halogens is 1. The van der Waals surface area contributed by atoms with Crippen LogP contribution in [0.15, 0.2) is 71.6 Å². The minimum Gasteiger partial charge on any atom is -0.332 e. The third-order valence-corrected chi connectivity index (χ3v) is 7.50. The quantitative estimate of drug-likeness (QED) is 0.526. The molecule has 3 aromatic carbocycles. The number of hydrogen-bond donors (Lipinski definition) is 2. The number of para-hydroxylation sites is 1. The molecule has 8 heteroatoms. The van der Waals surface area contributed by atoms with E-state index in [2.05, 4.69) is 10.6 Å². The molecule has 0 aromatic heterocycles. The third-order valence-electron chi connectivity index (χ3n) is 5.06. The van der Waals surface area contributed by atoms with Crippen LogP contribution in [0, 0.1) is 6.92 Å². The highest BCUT2D eigenvalue weighted by Crippen LogP contribution is 2.33. The summed E-state index contributed by atoms with van der Waals surface area (Å²) in [6.45, 7) is 2.36. The maximum absolute atomic E-state index is 13.1. The van der Waals surface area contributed by atoms with Crippen LogP contribution in [0.3, 0.4) is 0 Å². The van der Waals surface area contributed by atoms with Crippen molar-refractivity contribution in [2.24, 2.45) is 0 Å². The van der Waals surface area contributed by atoms with E-state index in [-0.39, 0.29) is 4.90 Å². The molecule has 1 heterocycles. The van der Waals surface area contributed by atoms with Gasteiger partial charge in [-0.1, -0.05) is 35.9 Å². The van der Waals surface area contributed by atoms with E-state index in [1.807, 2.05) is 49.4 Å². The molecule has 1 aliphatic heterocycles. The Balaban J connectivity index is 1.48. The lowest BCUT2D eigenvalue weighted by molar-refractivity contribution is 0.592. The number of fused-ring (bicyclic) bond motifs is 1. The molecule has 0 fully saturated rings. The Morgan fingerprint density at radius 3 is 2.50 bits per heavy atom. The highest BCUT2D eigenvalue weighted by Gasteiger charge is 2.30. The van der Waals surface area contributed by atoms with Gasteiger partial charge in [0.2, 0.25) is 0 Å². The molecule has 5 nitrogen and oxygen atoms in total. The van der Waals surface area contributed by atoms with E-state index in [1.54, 1.807) is 24.3 Å². The van der Waals surface area contributed by atoms with Gasteiger partial charge in [0.15, 0.2) is 5.11 Å². The highest BCUT2D eigenvalue weighted by molar-refractivity contribution is 7.92. The molecule has 2 N–H and O–H groups in total. The molecule has 0 unspecified atom stereocenters. The summed E-state index contributed by atoms with van der Waals surface area (Å²) in [5.74, 6) is 0. The van der Waals surface area contributed by atoms with E-state index in [4.69, 9.17) is 23.8 Å². The molecule has 0 saturated heterocycles. The molecule has 1 aliphatic rings. The van der Waals surface area contributed by atoms with E-state index in [1.165, 1.54) is 4.31 Å². The number of nitrogens with one attached hydrogen (secondary N) is 2. The molecule has 0 spiro atoms. The predicted octanol–water partition coefficient (Wildman–Crippen LogP) is 5.21. The second-order valence-corrected chi connectivity index (χ2v) is 9.65. The Hall–Kier alpha value is -2.61. The highest BCUT2D eigenvalue weighted by atomic mass is 35.5. The van der Waals surface area contributed by atoms with E-state index >= 15 is 0 Å². The maximum Gasteiger partial charge on any atom is 0.264 e. The van der Waals surface area contributed by atoms with Gasteiger partial charge in [0, 0.05) is 22.9 Å². The second-order valence-electron chi connectivity index (χ2n) is 6.97. The van der Waals surface area contributed by atoms with Crippen LogP contribution in [0.5, 0.6) is 0 Å². The van der Waals surface area contributed by atoms with Crippen LogP contribution in [-0.4, -0.2) is 20.1 Å². The van der Waals surface area contributed by atoms with Crippen molar-refractivity contribution >= 4 is 56.0 Å². The van der Waals surface area contributed by atoms with Gasteiger partial charge < -0.3 is 10.6 Å². The van der Waals surface area contributed by atoms with Crippen LogP contribution >= 0.6 is 23.8 Å². The van der Waals surface area contributed by atoms with Gasteiger partial charge in [-0.15, -0.1) is 0 Å². The van der Waals surface area contributed by atoms with Gasteiger partial charge in [-0.2, -0.15) is 0 Å². The average molecular weight is 458 g/mol. The zero-order valence-corrected chi connectivity index (χ0v) is 18.6. The molecule has 0 aliphatic carbocycles. The van der Waals surface area contributed by atoms with E-state index in [0.717, 1.165) is 28.9 Å². The summed E-state index contributed by atoms with van der Waals surface area (Å²) in [5.41, 5.74) is 4.20. The van der Waals surface area contributed by atoms with Crippen molar-refractivity contribution in [2.75, 3.05) is 21.5 Å². The van der Waals surface area contributed by atoms with Crippen LogP contribution < -0.4 is 14.9 Å². The summed E-state index contributed by atoms with van der Waals surface area (Å²) < 4.78 is 27.7. The number of nitrogens with zero attached hydrogens (tertiary/aromatic N) is 1. The molecular formula is C22H20ClN3O2S2. The van der Waals surface area contributed by atoms with Gasteiger partial charge in [0.25, 0.3) is 10.0 Å². The molecule has 30 heavy (non-hydrogen) atoms. The van der Waals surface area contributed by atoms with Crippen molar-refractivity contribution < 1.29 is 8.42 Å². The van der Waals surface area contributed by atoms with E-state index in [0.29, 0.717) is 22.4 Å². The molecule has 0 saturated carbocycles. The number of hydrogen-bond acceptors (Lipinski definition) is 3. The van der Waals surface area contributed by atoms with Crippen molar-refractivity contribution in [3.8, 4) is 0 Å².